The van der Waals surface area contributed by atoms with E-state index in [0.29, 0.717) is 0 Å². The number of sulfonamides is 1. The quantitative estimate of drug-likeness (QED) is 0.659. The highest BCUT2D eigenvalue weighted by atomic mass is 35.5. The lowest BCUT2D eigenvalue weighted by Gasteiger charge is -2.08. The van der Waals surface area contributed by atoms with Gasteiger partial charge in [-0.05, 0) is 18.2 Å². The third-order valence-corrected chi connectivity index (χ3v) is 4.06. The Morgan fingerprint density at radius 2 is 1.95 bits per heavy atom. The minimum atomic E-state index is -3.85. The van der Waals surface area contributed by atoms with Crippen LogP contribution in [-0.4, -0.2) is 38.5 Å². The molecule has 0 saturated heterocycles. The zero-order chi connectivity index (χ0) is 15.3. The van der Waals surface area contributed by atoms with Gasteiger partial charge in [-0.15, -0.1) is 0 Å². The maximum atomic E-state index is 11.9. The molecule has 3 N–H and O–H groups in total. The van der Waals surface area contributed by atoms with Crippen molar-refractivity contribution in [3.05, 3.63) is 28.8 Å². The molecule has 0 aliphatic rings. The van der Waals surface area contributed by atoms with Crippen LogP contribution < -0.4 is 10.0 Å². The van der Waals surface area contributed by atoms with Crippen LogP contribution in [0, 0.1) is 0 Å². The van der Waals surface area contributed by atoms with Crippen LogP contribution in [0.2, 0.25) is 5.02 Å². The Morgan fingerprint density at radius 1 is 1.30 bits per heavy atom. The number of carbonyl (C=O) groups excluding carboxylic acids is 1. The molecular weight excluding hydrogens is 308 g/mol. The molecule has 0 aliphatic heterocycles. The summed E-state index contributed by atoms with van der Waals surface area (Å²) in [5.74, 6) is -1.59. The summed E-state index contributed by atoms with van der Waals surface area (Å²) in [5.41, 5.74) is -0.295. The van der Waals surface area contributed by atoms with Crippen LogP contribution in [-0.2, 0) is 14.8 Å². The number of amides is 1. The molecule has 20 heavy (non-hydrogen) atoms. The van der Waals surface area contributed by atoms with Gasteiger partial charge in [-0.25, -0.2) is 17.9 Å². The van der Waals surface area contributed by atoms with E-state index in [1.165, 1.54) is 19.1 Å². The fourth-order valence-corrected chi connectivity index (χ4v) is 2.60. The van der Waals surface area contributed by atoms with Gasteiger partial charge in [0.05, 0.1) is 15.5 Å². The second kappa shape index (κ2) is 6.69. The van der Waals surface area contributed by atoms with Crippen LogP contribution in [0.5, 0.6) is 0 Å². The Balaban J connectivity index is 2.85. The highest BCUT2D eigenvalue weighted by Crippen LogP contribution is 2.20. The fraction of sp³-hybridized carbons (Fsp3) is 0.273. The van der Waals surface area contributed by atoms with Gasteiger partial charge >= 0.3 is 5.97 Å². The first kappa shape index (κ1) is 16.4. The Kier molecular flexibility index (Phi) is 5.49. The van der Waals surface area contributed by atoms with E-state index < -0.39 is 16.0 Å². The molecule has 0 saturated carbocycles. The number of aromatic carboxylic acids is 1. The summed E-state index contributed by atoms with van der Waals surface area (Å²) in [4.78, 5) is 21.3. The van der Waals surface area contributed by atoms with Crippen molar-refractivity contribution in [1.82, 2.24) is 10.0 Å². The van der Waals surface area contributed by atoms with E-state index in [9.17, 15) is 18.0 Å². The molecule has 1 aromatic carbocycles. The number of nitrogens with one attached hydrogen (secondary N) is 2. The van der Waals surface area contributed by atoms with E-state index in [2.05, 4.69) is 10.0 Å². The summed E-state index contributed by atoms with van der Waals surface area (Å²) in [6, 6.07) is 3.38. The van der Waals surface area contributed by atoms with Gasteiger partial charge in [0, 0.05) is 20.0 Å². The minimum absolute atomic E-state index is 0.00700. The minimum Gasteiger partial charge on any atom is -0.478 e. The van der Waals surface area contributed by atoms with Crippen LogP contribution in [0.3, 0.4) is 0 Å². The van der Waals surface area contributed by atoms with Crippen molar-refractivity contribution < 1.29 is 23.1 Å². The van der Waals surface area contributed by atoms with E-state index >= 15 is 0 Å². The second-order valence-corrected chi connectivity index (χ2v) is 6.00. The molecule has 0 aliphatic carbocycles. The van der Waals surface area contributed by atoms with Crippen LogP contribution in [0.1, 0.15) is 17.3 Å². The molecule has 1 rings (SSSR count). The molecule has 0 spiro atoms. The van der Waals surface area contributed by atoms with E-state index in [4.69, 9.17) is 16.7 Å². The van der Waals surface area contributed by atoms with E-state index in [1.54, 1.807) is 0 Å². The van der Waals surface area contributed by atoms with Crippen molar-refractivity contribution in [2.75, 3.05) is 13.1 Å². The van der Waals surface area contributed by atoms with Crippen molar-refractivity contribution in [3.63, 3.8) is 0 Å². The van der Waals surface area contributed by atoms with Crippen LogP contribution in [0.4, 0.5) is 0 Å². The van der Waals surface area contributed by atoms with Gasteiger partial charge < -0.3 is 10.4 Å². The summed E-state index contributed by atoms with van der Waals surface area (Å²) in [7, 11) is -3.85. The van der Waals surface area contributed by atoms with Crippen molar-refractivity contribution >= 4 is 33.5 Å². The molecule has 7 nitrogen and oxygen atoms in total. The average Bonchev–Trinajstić information content (AvgIpc) is 2.34. The SMILES string of the molecule is CC(=O)NCCNS(=O)(=O)c1ccc(Cl)c(C(=O)O)c1. The van der Waals surface area contributed by atoms with Crippen molar-refractivity contribution in [3.8, 4) is 0 Å². The van der Waals surface area contributed by atoms with E-state index in [0.717, 1.165) is 6.07 Å². The highest BCUT2D eigenvalue weighted by molar-refractivity contribution is 7.89. The molecule has 0 unspecified atom stereocenters. The number of hydrogen-bond acceptors (Lipinski definition) is 4. The Hall–Kier alpha value is -1.64. The summed E-state index contributed by atoms with van der Waals surface area (Å²) in [6.45, 7) is 1.44. The topological polar surface area (TPSA) is 113 Å². The third kappa shape index (κ3) is 4.48. The largest absolute Gasteiger partial charge is 0.478 e. The highest BCUT2D eigenvalue weighted by Gasteiger charge is 2.17. The summed E-state index contributed by atoms with van der Waals surface area (Å²) in [6.07, 6.45) is 0. The van der Waals surface area contributed by atoms with Gasteiger partial charge in [0.15, 0.2) is 0 Å². The number of carboxylic acids is 1. The lowest BCUT2D eigenvalue weighted by Crippen LogP contribution is -2.33. The maximum Gasteiger partial charge on any atom is 0.337 e. The molecule has 0 atom stereocenters. The Morgan fingerprint density at radius 3 is 2.50 bits per heavy atom. The molecule has 9 heteroatoms. The molecule has 0 radical (unpaired) electrons. The maximum absolute atomic E-state index is 11.9. The normalized spacial score (nSPS) is 11.1. The number of halogens is 1. The first-order valence-corrected chi connectivity index (χ1v) is 7.37. The van der Waals surface area contributed by atoms with Crippen LogP contribution in [0.15, 0.2) is 23.1 Å². The molecule has 0 heterocycles. The monoisotopic (exact) mass is 320 g/mol. The Bertz CT molecular complexity index is 630. The summed E-state index contributed by atoms with van der Waals surface area (Å²) in [5, 5.41) is 11.3. The van der Waals surface area contributed by atoms with Gasteiger partial charge in [-0.1, -0.05) is 11.6 Å². The van der Waals surface area contributed by atoms with E-state index in [-0.39, 0.29) is 34.5 Å². The molecule has 0 fully saturated rings. The van der Waals surface area contributed by atoms with Crippen LogP contribution in [0.25, 0.3) is 0 Å². The number of benzene rings is 1. The third-order valence-electron chi connectivity index (χ3n) is 2.27. The lowest BCUT2D eigenvalue weighted by atomic mass is 10.2. The molecule has 1 amide bonds. The zero-order valence-corrected chi connectivity index (χ0v) is 12.1. The fourth-order valence-electron chi connectivity index (χ4n) is 1.34. The number of carboxylic acid groups (broad SMARTS) is 1. The smallest absolute Gasteiger partial charge is 0.337 e. The average molecular weight is 321 g/mol. The number of hydrogen-bond donors (Lipinski definition) is 3. The van der Waals surface area contributed by atoms with Gasteiger partial charge in [0.1, 0.15) is 0 Å². The molecule has 0 bridgehead atoms. The first-order valence-electron chi connectivity index (χ1n) is 5.51. The molecular formula is C11H13ClN2O5S. The number of carbonyl (C=O) groups is 2. The molecule has 0 aromatic heterocycles. The van der Waals surface area contributed by atoms with Gasteiger partial charge in [0.25, 0.3) is 0 Å². The zero-order valence-electron chi connectivity index (χ0n) is 10.5. The lowest BCUT2D eigenvalue weighted by molar-refractivity contribution is -0.118. The van der Waals surface area contributed by atoms with Gasteiger partial charge in [0.2, 0.25) is 15.9 Å². The first-order chi connectivity index (χ1) is 9.24. The standard InChI is InChI=1S/C11H13ClN2O5S/c1-7(15)13-4-5-14-20(18,19)8-2-3-10(12)9(6-8)11(16)17/h2-3,6,14H,4-5H2,1H3,(H,13,15)(H,16,17). The van der Waals surface area contributed by atoms with Gasteiger partial charge in [-0.3, -0.25) is 4.79 Å². The van der Waals surface area contributed by atoms with Crippen molar-refractivity contribution in [2.45, 2.75) is 11.8 Å². The van der Waals surface area contributed by atoms with Crippen LogP contribution >= 0.6 is 11.6 Å². The van der Waals surface area contributed by atoms with Crippen molar-refractivity contribution in [2.24, 2.45) is 0 Å². The van der Waals surface area contributed by atoms with Crippen molar-refractivity contribution in [1.29, 1.82) is 0 Å². The Labute approximate surface area is 121 Å². The predicted molar refractivity (Wildman–Crippen MR) is 72.3 cm³/mol. The summed E-state index contributed by atoms with van der Waals surface area (Å²) < 4.78 is 26.0. The van der Waals surface area contributed by atoms with E-state index in [1.807, 2.05) is 0 Å². The van der Waals surface area contributed by atoms with Gasteiger partial charge in [-0.2, -0.15) is 0 Å². The predicted octanol–water partition coefficient (Wildman–Crippen LogP) is 0.453. The second-order valence-electron chi connectivity index (χ2n) is 3.83. The summed E-state index contributed by atoms with van der Waals surface area (Å²) >= 11 is 5.66. The molecule has 110 valence electrons. The number of rotatable bonds is 6. The molecule has 1 aromatic rings.